The van der Waals surface area contributed by atoms with Crippen LogP contribution in [0.3, 0.4) is 0 Å². The van der Waals surface area contributed by atoms with Crippen molar-refractivity contribution in [1.82, 2.24) is 5.32 Å². The van der Waals surface area contributed by atoms with Gasteiger partial charge in [-0.1, -0.05) is 125 Å². The van der Waals surface area contributed by atoms with Crippen molar-refractivity contribution in [2.24, 2.45) is 0 Å². The monoisotopic (exact) mass is 467 g/mol. The summed E-state index contributed by atoms with van der Waals surface area (Å²) in [7, 11) is 0. The zero-order chi connectivity index (χ0) is 24.7. The minimum Gasteiger partial charge on any atom is -0.462 e. The zero-order valence-corrected chi connectivity index (χ0v) is 21.5. The van der Waals surface area contributed by atoms with Gasteiger partial charge in [-0.05, 0) is 31.4 Å². The Kier molecular flexibility index (Phi) is 12.3. The van der Waals surface area contributed by atoms with Gasteiger partial charge in [0.25, 0.3) is 0 Å². The number of ether oxygens (including phenoxy) is 1. The molecule has 0 unspecified atom stereocenters. The lowest BCUT2D eigenvalue weighted by molar-refractivity contribution is -0.162. The van der Waals surface area contributed by atoms with Gasteiger partial charge in [0.05, 0.1) is 0 Å². The van der Waals surface area contributed by atoms with E-state index in [9.17, 15) is 9.90 Å². The topological polar surface area (TPSA) is 58.6 Å². The molecule has 0 aliphatic carbocycles. The van der Waals surface area contributed by atoms with E-state index in [1.807, 2.05) is 36.4 Å². The van der Waals surface area contributed by atoms with Crippen LogP contribution in [0.2, 0.25) is 0 Å². The fourth-order valence-electron chi connectivity index (χ4n) is 4.36. The summed E-state index contributed by atoms with van der Waals surface area (Å²) in [6, 6.07) is 18.0. The summed E-state index contributed by atoms with van der Waals surface area (Å²) in [5, 5.41) is 14.9. The van der Waals surface area contributed by atoms with Crippen LogP contribution >= 0.6 is 0 Å². The third kappa shape index (κ3) is 9.23. The van der Waals surface area contributed by atoms with Gasteiger partial charge in [-0.25, -0.2) is 4.79 Å². The molecule has 0 spiro atoms. The smallest absolute Gasteiger partial charge is 0.347 e. The maximum absolute atomic E-state index is 13.0. The van der Waals surface area contributed by atoms with E-state index in [0.29, 0.717) is 17.7 Å². The van der Waals surface area contributed by atoms with Crippen LogP contribution in [0.4, 0.5) is 0 Å². The lowest BCUT2D eigenvalue weighted by Gasteiger charge is -2.29. The van der Waals surface area contributed by atoms with Crippen LogP contribution in [-0.4, -0.2) is 29.8 Å². The van der Waals surface area contributed by atoms with Gasteiger partial charge in [-0.15, -0.1) is 0 Å². The van der Waals surface area contributed by atoms with Crippen molar-refractivity contribution in [2.75, 3.05) is 13.2 Å². The second-order valence-electron chi connectivity index (χ2n) is 9.97. The lowest BCUT2D eigenvalue weighted by atomic mass is 9.86. The molecule has 2 N–H and O–H groups in total. The second kappa shape index (κ2) is 15.0. The van der Waals surface area contributed by atoms with Crippen molar-refractivity contribution in [3.05, 3.63) is 71.8 Å². The molecule has 2 aromatic carbocycles. The molecule has 4 nitrogen and oxygen atoms in total. The molecular weight excluding hydrogens is 422 g/mol. The van der Waals surface area contributed by atoms with Crippen LogP contribution in [0.15, 0.2) is 60.7 Å². The maximum Gasteiger partial charge on any atom is 0.347 e. The highest BCUT2D eigenvalue weighted by atomic mass is 16.5. The zero-order valence-electron chi connectivity index (χ0n) is 21.5. The number of hydrogen-bond acceptors (Lipinski definition) is 4. The van der Waals surface area contributed by atoms with Crippen molar-refractivity contribution in [3.63, 3.8) is 0 Å². The predicted octanol–water partition coefficient (Wildman–Crippen LogP) is 6.75. The number of hydrogen-bond donors (Lipinski definition) is 2. The summed E-state index contributed by atoms with van der Waals surface area (Å²) in [5.41, 5.74) is -0.827. The summed E-state index contributed by atoms with van der Waals surface area (Å²) >= 11 is 0. The van der Waals surface area contributed by atoms with Crippen LogP contribution in [0.25, 0.3) is 0 Å². The van der Waals surface area contributed by atoms with Crippen LogP contribution in [0.5, 0.6) is 0 Å². The third-order valence-electron chi connectivity index (χ3n) is 6.52. The van der Waals surface area contributed by atoms with Crippen molar-refractivity contribution < 1.29 is 14.6 Å². The number of unbranched alkanes of at least 4 members (excludes halogenated alkanes) is 8. The van der Waals surface area contributed by atoms with Crippen LogP contribution in [0.1, 0.15) is 96.1 Å². The molecule has 0 saturated carbocycles. The van der Waals surface area contributed by atoms with Gasteiger partial charge in [0.15, 0.2) is 0 Å². The molecule has 2 aromatic rings. The molecule has 0 heterocycles. The van der Waals surface area contributed by atoms with E-state index >= 15 is 0 Å². The molecule has 2 rings (SSSR count). The Morgan fingerprint density at radius 3 is 1.76 bits per heavy atom. The normalized spacial score (nSPS) is 12.0. The highest BCUT2D eigenvalue weighted by molar-refractivity contribution is 5.85. The van der Waals surface area contributed by atoms with Crippen LogP contribution < -0.4 is 5.32 Å². The van der Waals surface area contributed by atoms with Crippen molar-refractivity contribution in [2.45, 2.75) is 96.1 Å². The highest BCUT2D eigenvalue weighted by Gasteiger charge is 2.41. The Balaban J connectivity index is 1.74. The lowest BCUT2D eigenvalue weighted by Crippen LogP contribution is -2.43. The van der Waals surface area contributed by atoms with Crippen LogP contribution in [0, 0.1) is 0 Å². The van der Waals surface area contributed by atoms with Gasteiger partial charge in [-0.2, -0.15) is 0 Å². The Morgan fingerprint density at radius 2 is 1.26 bits per heavy atom. The van der Waals surface area contributed by atoms with E-state index in [0.717, 1.165) is 6.42 Å². The number of rotatable bonds is 17. The van der Waals surface area contributed by atoms with Gasteiger partial charge in [-0.3, -0.25) is 0 Å². The first-order chi connectivity index (χ1) is 16.4. The molecule has 0 bridgehead atoms. The standard InChI is InChI=1S/C30H45NO3/c1-4-5-6-7-8-9-10-11-18-23-29(2,3)31-24-25-34-28(32)30(33,26-19-14-12-15-20-26)27-21-16-13-17-22-27/h12-17,19-22,31,33H,4-11,18,23-25H2,1-3H3. The molecule has 0 radical (unpaired) electrons. The van der Waals surface area contributed by atoms with Crippen molar-refractivity contribution in [3.8, 4) is 0 Å². The van der Waals surface area contributed by atoms with E-state index in [4.69, 9.17) is 4.74 Å². The number of carbonyl (C=O) groups is 1. The second-order valence-corrected chi connectivity index (χ2v) is 9.97. The van der Waals surface area contributed by atoms with Crippen molar-refractivity contribution in [1.29, 1.82) is 0 Å². The first-order valence-electron chi connectivity index (χ1n) is 13.2. The summed E-state index contributed by atoms with van der Waals surface area (Å²) in [6.07, 6.45) is 13.0. The summed E-state index contributed by atoms with van der Waals surface area (Å²) < 4.78 is 5.56. The number of benzene rings is 2. The van der Waals surface area contributed by atoms with E-state index in [1.165, 1.54) is 57.8 Å². The molecule has 0 atom stereocenters. The largest absolute Gasteiger partial charge is 0.462 e. The SMILES string of the molecule is CCCCCCCCCCCC(C)(C)NCCOC(=O)C(O)(c1ccccc1)c1ccccc1. The number of aliphatic hydroxyl groups is 1. The molecular formula is C30H45NO3. The Bertz CT molecular complexity index is 765. The molecule has 0 fully saturated rings. The van der Waals surface area contributed by atoms with Gasteiger partial charge < -0.3 is 15.2 Å². The first kappa shape index (κ1) is 28.1. The first-order valence-corrected chi connectivity index (χ1v) is 13.2. The molecule has 34 heavy (non-hydrogen) atoms. The fraction of sp³-hybridized carbons (Fsp3) is 0.567. The number of carbonyl (C=O) groups excluding carboxylic acids is 1. The van der Waals surface area contributed by atoms with E-state index in [-0.39, 0.29) is 12.1 Å². The average Bonchev–Trinajstić information content (AvgIpc) is 2.86. The molecule has 0 aromatic heterocycles. The Hall–Kier alpha value is -2.17. The number of nitrogens with one attached hydrogen (secondary N) is 1. The predicted molar refractivity (Wildman–Crippen MR) is 141 cm³/mol. The van der Waals surface area contributed by atoms with Gasteiger partial charge >= 0.3 is 5.97 Å². The van der Waals surface area contributed by atoms with Crippen molar-refractivity contribution >= 4 is 5.97 Å². The Morgan fingerprint density at radius 1 is 0.794 bits per heavy atom. The Labute approximate surface area is 207 Å². The summed E-state index contributed by atoms with van der Waals surface area (Å²) in [6.45, 7) is 7.42. The molecule has 4 heteroatoms. The van der Waals surface area contributed by atoms with Gasteiger partial charge in [0.2, 0.25) is 5.60 Å². The quantitative estimate of drug-likeness (QED) is 0.199. The number of esters is 1. The van der Waals surface area contributed by atoms with E-state index in [2.05, 4.69) is 26.1 Å². The molecule has 188 valence electrons. The van der Waals surface area contributed by atoms with Gasteiger partial charge in [0.1, 0.15) is 6.61 Å². The molecule has 0 amide bonds. The van der Waals surface area contributed by atoms with E-state index < -0.39 is 11.6 Å². The minimum atomic E-state index is -1.82. The van der Waals surface area contributed by atoms with Crippen LogP contribution in [-0.2, 0) is 15.1 Å². The molecule has 0 aliphatic heterocycles. The fourth-order valence-corrected chi connectivity index (χ4v) is 4.36. The third-order valence-corrected chi connectivity index (χ3v) is 6.52. The van der Waals surface area contributed by atoms with E-state index in [1.54, 1.807) is 24.3 Å². The molecule has 0 aliphatic rings. The average molecular weight is 468 g/mol. The molecule has 0 saturated heterocycles. The minimum absolute atomic E-state index is 0.0112. The van der Waals surface area contributed by atoms with Gasteiger partial charge in [0, 0.05) is 12.1 Å². The summed E-state index contributed by atoms with van der Waals surface area (Å²) in [5.74, 6) is -0.650. The maximum atomic E-state index is 13.0. The highest BCUT2D eigenvalue weighted by Crippen LogP contribution is 2.31. The summed E-state index contributed by atoms with van der Waals surface area (Å²) in [4.78, 5) is 13.0.